The van der Waals surface area contributed by atoms with E-state index in [0.717, 1.165) is 5.56 Å². The summed E-state index contributed by atoms with van der Waals surface area (Å²) in [7, 11) is 0. The number of nitrogens with zero attached hydrogens (tertiary/aromatic N) is 1. The minimum Gasteiger partial charge on any atom is -0.444 e. The van der Waals surface area contributed by atoms with Gasteiger partial charge < -0.3 is 10.1 Å². The van der Waals surface area contributed by atoms with Crippen molar-refractivity contribution in [3.05, 3.63) is 29.6 Å². The number of benzene rings is 1. The normalized spacial score (nSPS) is 18.0. The Labute approximate surface area is 135 Å². The minimum atomic E-state index is -0.634. The summed E-state index contributed by atoms with van der Waals surface area (Å²) < 4.78 is 19.2. The summed E-state index contributed by atoms with van der Waals surface area (Å²) in [5, 5.41) is 2.56. The number of carbonyl (C=O) groups is 2. The van der Waals surface area contributed by atoms with Crippen molar-refractivity contribution in [2.24, 2.45) is 0 Å². The molecular weight excluding hydrogens is 299 g/mol. The maximum atomic E-state index is 13.9. The van der Waals surface area contributed by atoms with Gasteiger partial charge in [0.25, 0.3) is 0 Å². The topological polar surface area (TPSA) is 58.6 Å². The summed E-state index contributed by atoms with van der Waals surface area (Å²) in [5.74, 6) is -0.878. The van der Waals surface area contributed by atoms with Crippen molar-refractivity contribution < 1.29 is 18.7 Å². The van der Waals surface area contributed by atoms with Gasteiger partial charge in [-0.25, -0.2) is 9.18 Å². The van der Waals surface area contributed by atoms with Crippen molar-refractivity contribution in [3.63, 3.8) is 0 Å². The van der Waals surface area contributed by atoms with E-state index in [-0.39, 0.29) is 5.69 Å². The van der Waals surface area contributed by atoms with Crippen molar-refractivity contribution >= 4 is 17.7 Å². The molecule has 5 nitrogen and oxygen atoms in total. The summed E-state index contributed by atoms with van der Waals surface area (Å²) >= 11 is 0. The molecule has 2 amide bonds. The number of anilines is 1. The SMILES string of the molecule is Cc1ccc(NC(=O)[C@H]2CCCN2C(=O)OC(C)(C)C)c(F)c1. The molecule has 0 aliphatic carbocycles. The van der Waals surface area contributed by atoms with E-state index in [4.69, 9.17) is 4.74 Å². The average Bonchev–Trinajstić information content (AvgIpc) is 2.89. The first-order chi connectivity index (χ1) is 10.7. The van der Waals surface area contributed by atoms with E-state index in [0.29, 0.717) is 19.4 Å². The zero-order valence-electron chi connectivity index (χ0n) is 14.0. The lowest BCUT2D eigenvalue weighted by Crippen LogP contribution is -2.45. The Kier molecular flexibility index (Phi) is 4.92. The molecule has 0 radical (unpaired) electrons. The lowest BCUT2D eigenvalue weighted by molar-refractivity contribution is -0.120. The first kappa shape index (κ1) is 17.2. The molecule has 2 rings (SSSR count). The van der Waals surface area contributed by atoms with E-state index in [1.807, 2.05) is 0 Å². The lowest BCUT2D eigenvalue weighted by Gasteiger charge is -2.28. The number of halogens is 1. The summed E-state index contributed by atoms with van der Waals surface area (Å²) in [5.41, 5.74) is 0.275. The van der Waals surface area contributed by atoms with Gasteiger partial charge in [0.05, 0.1) is 5.69 Å². The van der Waals surface area contributed by atoms with E-state index < -0.39 is 29.5 Å². The zero-order valence-corrected chi connectivity index (χ0v) is 14.0. The van der Waals surface area contributed by atoms with Gasteiger partial charge in [-0.1, -0.05) is 6.07 Å². The van der Waals surface area contributed by atoms with Crippen LogP contribution in [0.5, 0.6) is 0 Å². The smallest absolute Gasteiger partial charge is 0.410 e. The van der Waals surface area contributed by atoms with Crippen LogP contribution in [0.3, 0.4) is 0 Å². The quantitative estimate of drug-likeness (QED) is 0.907. The largest absolute Gasteiger partial charge is 0.444 e. The molecule has 6 heteroatoms. The number of carbonyl (C=O) groups excluding carboxylic acids is 2. The van der Waals surface area contributed by atoms with Crippen LogP contribution in [0.15, 0.2) is 18.2 Å². The molecule has 1 atom stereocenters. The fourth-order valence-corrected chi connectivity index (χ4v) is 2.52. The molecule has 1 N–H and O–H groups in total. The highest BCUT2D eigenvalue weighted by molar-refractivity contribution is 5.97. The number of aryl methyl sites for hydroxylation is 1. The van der Waals surface area contributed by atoms with Crippen LogP contribution in [0, 0.1) is 12.7 Å². The van der Waals surface area contributed by atoms with Gasteiger partial charge in [-0.05, 0) is 58.2 Å². The Bertz CT molecular complexity index is 610. The first-order valence-electron chi connectivity index (χ1n) is 7.74. The van der Waals surface area contributed by atoms with Crippen molar-refractivity contribution in [3.8, 4) is 0 Å². The van der Waals surface area contributed by atoms with Crippen molar-refractivity contribution in [1.82, 2.24) is 4.90 Å². The summed E-state index contributed by atoms with van der Waals surface area (Å²) in [6, 6.07) is 3.97. The molecule has 1 fully saturated rings. The van der Waals surface area contributed by atoms with E-state index in [9.17, 15) is 14.0 Å². The number of amides is 2. The van der Waals surface area contributed by atoms with E-state index in [2.05, 4.69) is 5.32 Å². The Morgan fingerprint density at radius 1 is 1.35 bits per heavy atom. The molecule has 1 aromatic rings. The fraction of sp³-hybridized carbons (Fsp3) is 0.529. The van der Waals surface area contributed by atoms with Gasteiger partial charge in [0.1, 0.15) is 17.5 Å². The average molecular weight is 322 g/mol. The van der Waals surface area contributed by atoms with Crippen LogP contribution >= 0.6 is 0 Å². The van der Waals surface area contributed by atoms with Gasteiger partial charge in [0, 0.05) is 6.54 Å². The number of ether oxygens (including phenoxy) is 1. The van der Waals surface area contributed by atoms with Crippen LogP contribution in [-0.4, -0.2) is 35.1 Å². The van der Waals surface area contributed by atoms with Crippen molar-refractivity contribution in [2.45, 2.75) is 52.2 Å². The maximum absolute atomic E-state index is 13.9. The molecule has 1 aromatic carbocycles. The van der Waals surface area contributed by atoms with Crippen LogP contribution < -0.4 is 5.32 Å². The molecule has 1 aliphatic heterocycles. The molecular formula is C17H23FN2O3. The van der Waals surface area contributed by atoms with Crippen LogP contribution in [0.2, 0.25) is 0 Å². The molecule has 1 saturated heterocycles. The first-order valence-corrected chi connectivity index (χ1v) is 7.74. The maximum Gasteiger partial charge on any atom is 0.410 e. The molecule has 0 aromatic heterocycles. The summed E-state index contributed by atoms with van der Waals surface area (Å²) in [6.07, 6.45) is 0.742. The Hall–Kier alpha value is -2.11. The molecule has 0 spiro atoms. The third kappa shape index (κ3) is 4.43. The molecule has 0 bridgehead atoms. The van der Waals surface area contributed by atoms with Gasteiger partial charge in [0.2, 0.25) is 5.91 Å². The number of nitrogens with one attached hydrogen (secondary N) is 1. The van der Waals surface area contributed by atoms with Gasteiger partial charge in [-0.15, -0.1) is 0 Å². The van der Waals surface area contributed by atoms with Gasteiger partial charge >= 0.3 is 6.09 Å². The highest BCUT2D eigenvalue weighted by atomic mass is 19.1. The monoisotopic (exact) mass is 322 g/mol. The second kappa shape index (κ2) is 6.56. The number of likely N-dealkylation sites (tertiary alicyclic amines) is 1. The van der Waals surface area contributed by atoms with Gasteiger partial charge in [0.15, 0.2) is 0 Å². The standard InChI is InChI=1S/C17H23FN2O3/c1-11-7-8-13(12(18)10-11)19-15(21)14-6-5-9-20(14)16(22)23-17(2,3)4/h7-8,10,14H,5-6,9H2,1-4H3,(H,19,21)/t14-/m1/s1. The van der Waals surface area contributed by atoms with Crippen LogP contribution in [0.4, 0.5) is 14.9 Å². The summed E-state index contributed by atoms with van der Waals surface area (Å²) in [4.78, 5) is 26.0. The third-order valence-electron chi connectivity index (χ3n) is 3.57. The third-order valence-corrected chi connectivity index (χ3v) is 3.57. The van der Waals surface area contributed by atoms with Gasteiger partial charge in [-0.2, -0.15) is 0 Å². The number of hydrogen-bond donors (Lipinski definition) is 1. The Morgan fingerprint density at radius 3 is 2.65 bits per heavy atom. The lowest BCUT2D eigenvalue weighted by atomic mass is 10.2. The molecule has 0 saturated carbocycles. The molecule has 1 aliphatic rings. The van der Waals surface area contributed by atoms with Crippen LogP contribution in [0.1, 0.15) is 39.2 Å². The number of rotatable bonds is 2. The number of hydrogen-bond acceptors (Lipinski definition) is 3. The molecule has 126 valence electrons. The Balaban J connectivity index is 2.07. The minimum absolute atomic E-state index is 0.122. The highest BCUT2D eigenvalue weighted by Crippen LogP contribution is 2.23. The molecule has 1 heterocycles. The predicted molar refractivity (Wildman–Crippen MR) is 85.7 cm³/mol. The van der Waals surface area contributed by atoms with Gasteiger partial charge in [-0.3, -0.25) is 9.69 Å². The zero-order chi connectivity index (χ0) is 17.2. The van der Waals surface area contributed by atoms with E-state index >= 15 is 0 Å². The van der Waals surface area contributed by atoms with E-state index in [1.54, 1.807) is 33.8 Å². The fourth-order valence-electron chi connectivity index (χ4n) is 2.52. The van der Waals surface area contributed by atoms with Crippen LogP contribution in [-0.2, 0) is 9.53 Å². The predicted octanol–water partition coefficient (Wildman–Crippen LogP) is 3.47. The second-order valence-corrected chi connectivity index (χ2v) is 6.80. The second-order valence-electron chi connectivity index (χ2n) is 6.80. The van der Waals surface area contributed by atoms with Crippen molar-refractivity contribution in [1.29, 1.82) is 0 Å². The molecule has 23 heavy (non-hydrogen) atoms. The highest BCUT2D eigenvalue weighted by Gasteiger charge is 2.36. The summed E-state index contributed by atoms with van der Waals surface area (Å²) in [6.45, 7) is 7.56. The van der Waals surface area contributed by atoms with E-state index in [1.165, 1.54) is 17.0 Å². The molecule has 0 unspecified atom stereocenters. The van der Waals surface area contributed by atoms with Crippen molar-refractivity contribution in [2.75, 3.05) is 11.9 Å². The Morgan fingerprint density at radius 2 is 2.04 bits per heavy atom. The van der Waals surface area contributed by atoms with Crippen LogP contribution in [0.25, 0.3) is 0 Å².